The van der Waals surface area contributed by atoms with E-state index in [9.17, 15) is 4.39 Å². The molecule has 1 heterocycles. The lowest BCUT2D eigenvalue weighted by molar-refractivity contribution is 0.0271. The van der Waals surface area contributed by atoms with E-state index in [4.69, 9.17) is 4.74 Å². The maximum atomic E-state index is 13.2. The Balaban J connectivity index is 1.86. The fourth-order valence-electron chi connectivity index (χ4n) is 2.56. The van der Waals surface area contributed by atoms with Crippen LogP contribution in [0.5, 0.6) is 0 Å². The highest BCUT2D eigenvalue weighted by Gasteiger charge is 2.50. The topological polar surface area (TPSA) is 47.9 Å². The number of benzene rings is 1. The number of aromatic nitrogens is 3. The molecule has 1 atom stereocenters. The highest BCUT2D eigenvalue weighted by molar-refractivity contribution is 5.54. The van der Waals surface area contributed by atoms with Gasteiger partial charge in [0.05, 0.1) is 12.8 Å². The predicted molar refractivity (Wildman–Crippen MR) is 72.7 cm³/mol. The highest BCUT2D eigenvalue weighted by atomic mass is 19.1. The number of alkyl halides is 1. The molecule has 1 aliphatic rings. The zero-order valence-electron chi connectivity index (χ0n) is 11.3. The van der Waals surface area contributed by atoms with E-state index < -0.39 is 0 Å². The first-order chi connectivity index (χ1) is 9.79. The molecule has 104 valence electrons. The summed E-state index contributed by atoms with van der Waals surface area (Å²) < 4.78 is 18.7. The summed E-state index contributed by atoms with van der Waals surface area (Å²) in [6.07, 6.45) is 4.53. The second-order valence-electron chi connectivity index (χ2n) is 5.20. The molecule has 0 N–H and O–H groups in total. The average molecular weight is 273 g/mol. The largest absolute Gasteiger partial charge is 0.376 e. The lowest BCUT2D eigenvalue weighted by atomic mass is 9.93. The third-order valence-corrected chi connectivity index (χ3v) is 3.92. The Bertz CT molecular complexity index is 569. The van der Waals surface area contributed by atoms with Gasteiger partial charge < -0.3 is 4.74 Å². The van der Waals surface area contributed by atoms with Crippen molar-refractivity contribution < 1.29 is 9.13 Å². The SMILES string of the molecule is CO[C@H](c1ccc(-c2ncncn2)cc1)C1(CF)CC1. The van der Waals surface area contributed by atoms with Gasteiger partial charge in [0.25, 0.3) is 0 Å². The van der Waals surface area contributed by atoms with Crippen molar-refractivity contribution in [2.24, 2.45) is 5.41 Å². The van der Waals surface area contributed by atoms with E-state index in [2.05, 4.69) is 15.0 Å². The maximum absolute atomic E-state index is 13.2. The number of hydrogen-bond donors (Lipinski definition) is 0. The molecule has 1 saturated carbocycles. The van der Waals surface area contributed by atoms with Crippen LogP contribution in [-0.4, -0.2) is 28.7 Å². The Hall–Kier alpha value is -1.88. The third-order valence-electron chi connectivity index (χ3n) is 3.92. The smallest absolute Gasteiger partial charge is 0.162 e. The quantitative estimate of drug-likeness (QED) is 0.840. The molecule has 4 nitrogen and oxygen atoms in total. The summed E-state index contributed by atoms with van der Waals surface area (Å²) in [5, 5.41) is 0. The molecule has 2 aromatic rings. The molecule has 0 unspecified atom stereocenters. The summed E-state index contributed by atoms with van der Waals surface area (Å²) in [6.45, 7) is -0.333. The third kappa shape index (κ3) is 2.29. The van der Waals surface area contributed by atoms with Crippen LogP contribution in [-0.2, 0) is 4.74 Å². The Morgan fingerprint density at radius 3 is 2.35 bits per heavy atom. The molecule has 0 amide bonds. The van der Waals surface area contributed by atoms with Crippen molar-refractivity contribution in [3.05, 3.63) is 42.5 Å². The van der Waals surface area contributed by atoms with Crippen LogP contribution in [0, 0.1) is 5.41 Å². The summed E-state index contributed by atoms with van der Waals surface area (Å²) in [5.41, 5.74) is 1.60. The van der Waals surface area contributed by atoms with Gasteiger partial charge in [-0.3, -0.25) is 4.39 Å². The van der Waals surface area contributed by atoms with Crippen molar-refractivity contribution in [3.63, 3.8) is 0 Å². The van der Waals surface area contributed by atoms with Crippen LogP contribution in [0.1, 0.15) is 24.5 Å². The molecule has 1 aromatic carbocycles. The van der Waals surface area contributed by atoms with Gasteiger partial charge in [-0.25, -0.2) is 15.0 Å². The fourth-order valence-corrected chi connectivity index (χ4v) is 2.56. The Morgan fingerprint density at radius 1 is 1.20 bits per heavy atom. The second kappa shape index (κ2) is 5.25. The highest BCUT2D eigenvalue weighted by Crippen LogP contribution is 2.56. The van der Waals surface area contributed by atoms with Crippen molar-refractivity contribution in [2.45, 2.75) is 18.9 Å². The standard InChI is InChI=1S/C15H16FN3O/c1-20-13(15(8-16)6-7-15)11-2-4-12(5-3-11)14-18-9-17-10-19-14/h2-5,9-10,13H,6-8H2,1H3/t13-/m1/s1. The number of hydrogen-bond acceptors (Lipinski definition) is 4. The van der Waals surface area contributed by atoms with E-state index in [1.54, 1.807) is 7.11 Å². The number of methoxy groups -OCH3 is 1. The molecular formula is C15H16FN3O. The van der Waals surface area contributed by atoms with Gasteiger partial charge in [-0.15, -0.1) is 0 Å². The van der Waals surface area contributed by atoms with Crippen LogP contribution in [0.15, 0.2) is 36.9 Å². The van der Waals surface area contributed by atoms with Crippen LogP contribution in [0.3, 0.4) is 0 Å². The Morgan fingerprint density at radius 2 is 1.85 bits per heavy atom. The van der Waals surface area contributed by atoms with Crippen molar-refractivity contribution in [3.8, 4) is 11.4 Å². The molecule has 0 bridgehead atoms. The number of nitrogens with zero attached hydrogens (tertiary/aromatic N) is 3. The monoisotopic (exact) mass is 273 g/mol. The average Bonchev–Trinajstić information content (AvgIpc) is 3.31. The van der Waals surface area contributed by atoms with Gasteiger partial charge in [0.15, 0.2) is 5.82 Å². The Kier molecular flexibility index (Phi) is 3.44. The minimum absolute atomic E-state index is 0.181. The minimum atomic E-state index is -0.333. The number of rotatable bonds is 5. The summed E-state index contributed by atoms with van der Waals surface area (Å²) in [7, 11) is 1.64. The molecule has 1 fully saturated rings. The van der Waals surface area contributed by atoms with Gasteiger partial charge in [0.2, 0.25) is 0 Å². The lowest BCUT2D eigenvalue weighted by Crippen LogP contribution is -2.18. The first-order valence-corrected chi connectivity index (χ1v) is 6.60. The molecular weight excluding hydrogens is 257 g/mol. The van der Waals surface area contributed by atoms with E-state index in [0.717, 1.165) is 24.0 Å². The van der Waals surface area contributed by atoms with E-state index in [0.29, 0.717) is 5.82 Å². The van der Waals surface area contributed by atoms with E-state index in [1.165, 1.54) is 12.7 Å². The maximum Gasteiger partial charge on any atom is 0.162 e. The molecule has 1 aliphatic carbocycles. The summed E-state index contributed by atoms with van der Waals surface area (Å²) in [5.74, 6) is 0.632. The van der Waals surface area contributed by atoms with E-state index in [-0.39, 0.29) is 18.2 Å². The molecule has 5 heteroatoms. The zero-order chi connectivity index (χ0) is 14.0. The summed E-state index contributed by atoms with van der Waals surface area (Å²) in [6, 6.07) is 7.79. The molecule has 1 aromatic heterocycles. The van der Waals surface area contributed by atoms with Gasteiger partial charge in [0, 0.05) is 18.1 Å². The van der Waals surface area contributed by atoms with Gasteiger partial charge in [-0.1, -0.05) is 24.3 Å². The summed E-state index contributed by atoms with van der Waals surface area (Å²) in [4.78, 5) is 12.0. The van der Waals surface area contributed by atoms with Crippen LogP contribution < -0.4 is 0 Å². The second-order valence-corrected chi connectivity index (χ2v) is 5.20. The fraction of sp³-hybridized carbons (Fsp3) is 0.400. The van der Waals surface area contributed by atoms with Crippen molar-refractivity contribution in [1.82, 2.24) is 15.0 Å². The van der Waals surface area contributed by atoms with Crippen LogP contribution >= 0.6 is 0 Å². The number of ether oxygens (including phenoxy) is 1. The van der Waals surface area contributed by atoms with Crippen LogP contribution in [0.4, 0.5) is 4.39 Å². The molecule has 0 spiro atoms. The van der Waals surface area contributed by atoms with Crippen molar-refractivity contribution >= 4 is 0 Å². The van der Waals surface area contributed by atoms with Gasteiger partial charge in [-0.2, -0.15) is 0 Å². The molecule has 0 saturated heterocycles. The lowest BCUT2D eigenvalue weighted by Gasteiger charge is -2.23. The van der Waals surface area contributed by atoms with Gasteiger partial charge in [0.1, 0.15) is 12.7 Å². The first kappa shape index (κ1) is 13.1. The number of halogens is 1. The van der Waals surface area contributed by atoms with E-state index in [1.807, 2.05) is 24.3 Å². The van der Waals surface area contributed by atoms with Crippen LogP contribution in [0.2, 0.25) is 0 Å². The predicted octanol–water partition coefficient (Wildman–Crippen LogP) is 2.98. The molecule has 0 radical (unpaired) electrons. The van der Waals surface area contributed by atoms with Gasteiger partial charge in [-0.05, 0) is 18.4 Å². The van der Waals surface area contributed by atoms with Gasteiger partial charge >= 0.3 is 0 Å². The summed E-state index contributed by atoms with van der Waals surface area (Å²) >= 11 is 0. The van der Waals surface area contributed by atoms with Crippen molar-refractivity contribution in [1.29, 1.82) is 0 Å². The van der Waals surface area contributed by atoms with Crippen molar-refractivity contribution in [2.75, 3.05) is 13.8 Å². The normalized spacial score (nSPS) is 17.7. The molecule has 20 heavy (non-hydrogen) atoms. The first-order valence-electron chi connectivity index (χ1n) is 6.60. The van der Waals surface area contributed by atoms with Crippen LogP contribution in [0.25, 0.3) is 11.4 Å². The Labute approximate surface area is 117 Å². The minimum Gasteiger partial charge on any atom is -0.376 e. The zero-order valence-corrected chi connectivity index (χ0v) is 11.3. The van der Waals surface area contributed by atoms with E-state index >= 15 is 0 Å². The molecule has 0 aliphatic heterocycles. The molecule has 3 rings (SSSR count).